The average Bonchev–Trinajstić information content (AvgIpc) is 2.65. The van der Waals surface area contributed by atoms with Crippen LogP contribution in [0.5, 0.6) is 0 Å². The molecule has 3 N–H and O–H groups in total. The predicted octanol–water partition coefficient (Wildman–Crippen LogP) is 1.40. The monoisotopic (exact) mass is 381 g/mol. The summed E-state index contributed by atoms with van der Waals surface area (Å²) in [5.74, 6) is -1.45. The fourth-order valence-electron chi connectivity index (χ4n) is 3.12. The molecule has 0 saturated heterocycles. The number of H-pyrrole nitrogens is 2. The number of carbonyl (C=O) groups excluding carboxylic acids is 1. The summed E-state index contributed by atoms with van der Waals surface area (Å²) in [6.45, 7) is 0. The lowest BCUT2D eigenvalue weighted by molar-refractivity contribution is 0.0687. The highest BCUT2D eigenvalue weighted by Crippen LogP contribution is 2.22. The Morgan fingerprint density at radius 2 is 1.79 bits per heavy atom. The number of hydrogen-bond acceptors (Lipinski definition) is 4. The number of nitrogens with one attached hydrogen (secondary N) is 2. The molecule has 0 aliphatic carbocycles. The number of fused-ring (bicyclic) bond motifs is 1. The van der Waals surface area contributed by atoms with Crippen LogP contribution in [0.25, 0.3) is 10.8 Å². The van der Waals surface area contributed by atoms with E-state index >= 15 is 0 Å². The van der Waals surface area contributed by atoms with Crippen LogP contribution in [0.4, 0.5) is 0 Å². The van der Waals surface area contributed by atoms with Gasteiger partial charge in [0, 0.05) is 25.2 Å². The third-order valence-corrected chi connectivity index (χ3v) is 4.50. The van der Waals surface area contributed by atoms with E-state index in [0.717, 1.165) is 16.3 Å². The number of carboxylic acids is 1. The molecule has 0 bridgehead atoms. The quantitative estimate of drug-likeness (QED) is 0.616. The molecule has 0 saturated carbocycles. The van der Waals surface area contributed by atoms with Gasteiger partial charge >= 0.3 is 11.7 Å². The fraction of sp³-hybridized carbons (Fsp3) is 0.200. The molecule has 0 unspecified atom stereocenters. The van der Waals surface area contributed by atoms with Crippen LogP contribution in [0.1, 0.15) is 32.0 Å². The number of aromatic carboxylic acids is 1. The maximum atomic E-state index is 12.3. The molecule has 0 radical (unpaired) electrons. The summed E-state index contributed by atoms with van der Waals surface area (Å²) >= 11 is 0. The Hall–Kier alpha value is -3.68. The van der Waals surface area contributed by atoms with Crippen LogP contribution in [0, 0.1) is 0 Å². The number of benzene rings is 2. The third-order valence-electron chi connectivity index (χ3n) is 4.50. The number of hydrogen-bond donors (Lipinski definition) is 3. The predicted molar refractivity (Wildman–Crippen MR) is 104 cm³/mol. The lowest BCUT2D eigenvalue weighted by Crippen LogP contribution is -2.30. The topological polar surface area (TPSA) is 123 Å². The minimum atomic E-state index is -1.36. The van der Waals surface area contributed by atoms with Crippen molar-refractivity contribution in [2.75, 3.05) is 14.1 Å². The van der Waals surface area contributed by atoms with Crippen molar-refractivity contribution < 1.29 is 14.7 Å². The number of aromatic amines is 2. The van der Waals surface area contributed by atoms with Gasteiger partial charge in [0.2, 0.25) is 0 Å². The van der Waals surface area contributed by atoms with E-state index in [4.69, 9.17) is 0 Å². The highest BCUT2D eigenvalue weighted by Gasteiger charge is 2.16. The Balaban J connectivity index is 1.93. The van der Waals surface area contributed by atoms with Gasteiger partial charge in [0.1, 0.15) is 5.69 Å². The summed E-state index contributed by atoms with van der Waals surface area (Å²) < 4.78 is 0. The fourth-order valence-corrected chi connectivity index (χ4v) is 3.12. The summed E-state index contributed by atoms with van der Waals surface area (Å²) in [6.07, 6.45) is 0.548. The smallest absolute Gasteiger partial charge is 0.352 e. The maximum absolute atomic E-state index is 12.3. The summed E-state index contributed by atoms with van der Waals surface area (Å²) in [6, 6.07) is 11.1. The minimum Gasteiger partial charge on any atom is -0.477 e. The number of aromatic nitrogens is 2. The zero-order valence-electron chi connectivity index (χ0n) is 15.4. The summed E-state index contributed by atoms with van der Waals surface area (Å²) in [5.41, 5.74) is -0.462. The first-order valence-electron chi connectivity index (χ1n) is 8.60. The Bertz CT molecular complexity index is 1190. The number of rotatable bonds is 5. The minimum absolute atomic E-state index is 0.0173. The number of carboxylic acid groups (broad SMARTS) is 1. The van der Waals surface area contributed by atoms with Crippen molar-refractivity contribution >= 4 is 22.6 Å². The van der Waals surface area contributed by atoms with Crippen molar-refractivity contribution in [3.8, 4) is 0 Å². The van der Waals surface area contributed by atoms with Crippen LogP contribution in [-0.2, 0) is 12.8 Å². The van der Waals surface area contributed by atoms with Gasteiger partial charge in [0.15, 0.2) is 0 Å². The van der Waals surface area contributed by atoms with Crippen molar-refractivity contribution in [1.29, 1.82) is 0 Å². The first-order chi connectivity index (χ1) is 13.3. The lowest BCUT2D eigenvalue weighted by atomic mass is 9.98. The van der Waals surface area contributed by atoms with Crippen molar-refractivity contribution in [2.24, 2.45) is 0 Å². The standard InChI is InChI=1S/C20H19N3O5/c1-23(2)18(25)14-5-3-4-12-10-11(6-8-13(12)14)7-9-15-16(19(26)27)21-20(28)22-17(15)24/h3-6,8,10H,7,9H2,1-2H3,(H,26,27)(H2,21,22,24,28). The van der Waals surface area contributed by atoms with E-state index < -0.39 is 22.9 Å². The lowest BCUT2D eigenvalue weighted by Gasteiger charge is -2.13. The number of amides is 1. The molecule has 3 rings (SSSR count). The van der Waals surface area contributed by atoms with Gasteiger partial charge in [-0.3, -0.25) is 14.6 Å². The molecule has 1 heterocycles. The van der Waals surface area contributed by atoms with Crippen LogP contribution in [0.3, 0.4) is 0 Å². The molecule has 1 amide bonds. The van der Waals surface area contributed by atoms with Gasteiger partial charge in [-0.25, -0.2) is 9.59 Å². The van der Waals surface area contributed by atoms with Crippen molar-refractivity contribution in [2.45, 2.75) is 12.8 Å². The van der Waals surface area contributed by atoms with E-state index in [1.54, 1.807) is 26.2 Å². The molecule has 0 spiro atoms. The van der Waals surface area contributed by atoms with Crippen LogP contribution in [0.15, 0.2) is 46.0 Å². The van der Waals surface area contributed by atoms with Crippen LogP contribution in [-0.4, -0.2) is 45.9 Å². The molecule has 0 aliphatic rings. The van der Waals surface area contributed by atoms with E-state index in [0.29, 0.717) is 12.0 Å². The maximum Gasteiger partial charge on any atom is 0.352 e. The number of nitrogens with zero attached hydrogens (tertiary/aromatic N) is 1. The van der Waals surface area contributed by atoms with Gasteiger partial charge in [0.25, 0.3) is 11.5 Å². The van der Waals surface area contributed by atoms with E-state index in [1.165, 1.54) is 4.90 Å². The first kappa shape index (κ1) is 19.1. The highest BCUT2D eigenvalue weighted by atomic mass is 16.4. The van der Waals surface area contributed by atoms with Crippen LogP contribution < -0.4 is 11.2 Å². The molecular formula is C20H19N3O5. The van der Waals surface area contributed by atoms with Gasteiger partial charge < -0.3 is 15.0 Å². The zero-order valence-corrected chi connectivity index (χ0v) is 15.4. The molecule has 3 aromatic rings. The molecule has 144 valence electrons. The van der Waals surface area contributed by atoms with Crippen molar-refractivity contribution in [3.63, 3.8) is 0 Å². The van der Waals surface area contributed by atoms with E-state index in [-0.39, 0.29) is 17.9 Å². The van der Waals surface area contributed by atoms with Gasteiger partial charge in [0.05, 0.1) is 0 Å². The molecule has 0 fully saturated rings. The van der Waals surface area contributed by atoms with Crippen LogP contribution >= 0.6 is 0 Å². The summed E-state index contributed by atoms with van der Waals surface area (Å²) in [7, 11) is 3.38. The first-order valence-corrected chi connectivity index (χ1v) is 8.60. The number of aryl methyl sites for hydroxylation is 1. The molecular weight excluding hydrogens is 362 g/mol. The molecule has 8 nitrogen and oxygen atoms in total. The molecule has 1 aromatic heterocycles. The zero-order chi connectivity index (χ0) is 20.4. The van der Waals surface area contributed by atoms with Crippen molar-refractivity contribution in [1.82, 2.24) is 14.9 Å². The largest absolute Gasteiger partial charge is 0.477 e. The van der Waals surface area contributed by atoms with E-state index in [2.05, 4.69) is 9.97 Å². The molecule has 0 atom stereocenters. The van der Waals surface area contributed by atoms with Gasteiger partial charge in [-0.2, -0.15) is 0 Å². The Labute approximate surface area is 159 Å². The Kier molecular flexibility index (Phi) is 5.12. The molecule has 28 heavy (non-hydrogen) atoms. The third kappa shape index (κ3) is 3.71. The Morgan fingerprint density at radius 3 is 2.46 bits per heavy atom. The second-order valence-corrected chi connectivity index (χ2v) is 6.63. The SMILES string of the molecule is CN(C)C(=O)c1cccc2cc(CCc3c(C(=O)O)[nH]c(=O)[nH]c3=O)ccc12. The second kappa shape index (κ2) is 7.51. The summed E-state index contributed by atoms with van der Waals surface area (Å²) in [5, 5.41) is 10.9. The van der Waals surface area contributed by atoms with Gasteiger partial charge in [-0.05, 0) is 35.2 Å². The van der Waals surface area contributed by atoms with Crippen LogP contribution in [0.2, 0.25) is 0 Å². The normalized spacial score (nSPS) is 10.8. The van der Waals surface area contributed by atoms with Gasteiger partial charge in [-0.15, -0.1) is 0 Å². The van der Waals surface area contributed by atoms with Crippen molar-refractivity contribution in [3.05, 3.63) is 79.6 Å². The molecule has 2 aromatic carbocycles. The molecule has 8 heteroatoms. The number of carbonyl (C=O) groups is 2. The average molecular weight is 381 g/mol. The Morgan fingerprint density at radius 1 is 1.04 bits per heavy atom. The van der Waals surface area contributed by atoms with E-state index in [9.17, 15) is 24.3 Å². The van der Waals surface area contributed by atoms with Gasteiger partial charge in [-0.1, -0.05) is 30.3 Å². The molecule has 0 aliphatic heterocycles. The summed E-state index contributed by atoms with van der Waals surface area (Å²) in [4.78, 5) is 52.7. The van der Waals surface area contributed by atoms with E-state index in [1.807, 2.05) is 24.3 Å². The highest BCUT2D eigenvalue weighted by molar-refractivity contribution is 6.06. The second-order valence-electron chi connectivity index (χ2n) is 6.63.